The number of amides is 1. The molecule has 1 aliphatic rings. The second kappa shape index (κ2) is 7.56. The van der Waals surface area contributed by atoms with E-state index in [1.165, 1.54) is 17.1 Å². The van der Waals surface area contributed by atoms with Crippen molar-refractivity contribution in [3.63, 3.8) is 0 Å². The number of hydrogen-bond donors (Lipinski definition) is 1. The highest BCUT2D eigenvalue weighted by molar-refractivity contribution is 7.99. The largest absolute Gasteiger partial charge is 0.359 e. The molecule has 0 spiro atoms. The van der Waals surface area contributed by atoms with Gasteiger partial charge in [0.25, 0.3) is 0 Å². The van der Waals surface area contributed by atoms with Gasteiger partial charge in [-0.2, -0.15) is 0 Å². The first-order valence-electron chi connectivity index (χ1n) is 6.88. The van der Waals surface area contributed by atoms with Gasteiger partial charge in [0, 0.05) is 37.2 Å². The van der Waals surface area contributed by atoms with E-state index in [4.69, 9.17) is 0 Å². The molecule has 0 aromatic heterocycles. The van der Waals surface area contributed by atoms with Crippen molar-refractivity contribution in [3.8, 4) is 0 Å². The average Bonchev–Trinajstić information content (AvgIpc) is 2.91. The van der Waals surface area contributed by atoms with Crippen molar-refractivity contribution in [1.82, 2.24) is 10.2 Å². The number of carbonyl (C=O) groups is 1. The van der Waals surface area contributed by atoms with Crippen LogP contribution in [-0.4, -0.2) is 43.2 Å². The predicted octanol–water partition coefficient (Wildman–Crippen LogP) is 2.24. The van der Waals surface area contributed by atoms with E-state index in [0.29, 0.717) is 6.42 Å². The lowest BCUT2D eigenvalue weighted by Crippen LogP contribution is -2.28. The highest BCUT2D eigenvalue weighted by atomic mass is 32.2. The van der Waals surface area contributed by atoms with Crippen LogP contribution in [0.15, 0.2) is 35.2 Å². The number of carbonyl (C=O) groups excluding carboxylic acids is 1. The summed E-state index contributed by atoms with van der Waals surface area (Å²) in [6.07, 6.45) is 1.88. The Kier molecular flexibility index (Phi) is 5.73. The van der Waals surface area contributed by atoms with Crippen molar-refractivity contribution in [1.29, 1.82) is 0 Å². The molecule has 1 saturated heterocycles. The van der Waals surface area contributed by atoms with Crippen molar-refractivity contribution in [2.24, 2.45) is 5.92 Å². The van der Waals surface area contributed by atoms with Gasteiger partial charge in [0.1, 0.15) is 0 Å². The molecule has 1 fully saturated rings. The Hall–Kier alpha value is -1.00. The van der Waals surface area contributed by atoms with E-state index in [1.54, 1.807) is 7.05 Å². The van der Waals surface area contributed by atoms with Gasteiger partial charge in [0.2, 0.25) is 5.91 Å². The summed E-state index contributed by atoms with van der Waals surface area (Å²) in [5.41, 5.74) is 0. The Bertz CT molecular complexity index is 396. The molecule has 0 radical (unpaired) electrons. The van der Waals surface area contributed by atoms with Gasteiger partial charge in [-0.3, -0.25) is 4.79 Å². The molecule has 0 unspecified atom stereocenters. The summed E-state index contributed by atoms with van der Waals surface area (Å²) in [5, 5.41) is 2.68. The zero-order valence-corrected chi connectivity index (χ0v) is 12.3. The van der Waals surface area contributed by atoms with Crippen LogP contribution in [0.5, 0.6) is 0 Å². The first-order valence-corrected chi connectivity index (χ1v) is 7.87. The van der Waals surface area contributed by atoms with Gasteiger partial charge in [-0.1, -0.05) is 18.2 Å². The van der Waals surface area contributed by atoms with Crippen LogP contribution in [-0.2, 0) is 4.79 Å². The van der Waals surface area contributed by atoms with Crippen LogP contribution >= 0.6 is 11.8 Å². The van der Waals surface area contributed by atoms with E-state index in [1.807, 2.05) is 11.8 Å². The van der Waals surface area contributed by atoms with Crippen LogP contribution < -0.4 is 5.32 Å². The molecular formula is C15H22N2OS. The molecule has 1 N–H and O–H groups in total. The molecule has 2 rings (SSSR count). The standard InChI is InChI=1S/C15H22N2OS/c1-16-15(18)8-10-17-9-7-13(11-17)12-19-14-5-3-2-4-6-14/h2-6,13H,7-12H2,1H3,(H,16,18)/t13-/m1/s1. The molecule has 1 amide bonds. The number of benzene rings is 1. The summed E-state index contributed by atoms with van der Waals surface area (Å²) < 4.78 is 0. The molecule has 104 valence electrons. The fraction of sp³-hybridized carbons (Fsp3) is 0.533. The van der Waals surface area contributed by atoms with Crippen molar-refractivity contribution >= 4 is 17.7 Å². The average molecular weight is 278 g/mol. The fourth-order valence-corrected chi connectivity index (χ4v) is 3.42. The molecule has 3 nitrogen and oxygen atoms in total. The van der Waals surface area contributed by atoms with Gasteiger partial charge in [0.05, 0.1) is 0 Å². The van der Waals surface area contributed by atoms with E-state index >= 15 is 0 Å². The number of nitrogens with one attached hydrogen (secondary N) is 1. The maximum atomic E-state index is 11.2. The van der Waals surface area contributed by atoms with Gasteiger partial charge in [0.15, 0.2) is 0 Å². The van der Waals surface area contributed by atoms with Crippen LogP contribution in [0, 0.1) is 5.92 Å². The first-order chi connectivity index (χ1) is 9.28. The van der Waals surface area contributed by atoms with Crippen LogP contribution in [0.25, 0.3) is 0 Å². The third-order valence-electron chi connectivity index (χ3n) is 3.53. The molecule has 0 aliphatic carbocycles. The summed E-state index contributed by atoms with van der Waals surface area (Å²) in [6.45, 7) is 3.17. The maximum absolute atomic E-state index is 11.2. The minimum Gasteiger partial charge on any atom is -0.359 e. The summed E-state index contributed by atoms with van der Waals surface area (Å²) in [7, 11) is 1.70. The third kappa shape index (κ3) is 4.88. The lowest BCUT2D eigenvalue weighted by Gasteiger charge is -2.15. The monoisotopic (exact) mass is 278 g/mol. The molecule has 1 aromatic carbocycles. The maximum Gasteiger partial charge on any atom is 0.221 e. The SMILES string of the molecule is CNC(=O)CCN1CC[C@@H](CSc2ccccc2)C1. The number of thioether (sulfide) groups is 1. The fourth-order valence-electron chi connectivity index (χ4n) is 2.37. The number of rotatable bonds is 6. The smallest absolute Gasteiger partial charge is 0.221 e. The summed E-state index contributed by atoms with van der Waals surface area (Å²) in [4.78, 5) is 15.0. The molecule has 0 bridgehead atoms. The highest BCUT2D eigenvalue weighted by Crippen LogP contribution is 2.25. The predicted molar refractivity (Wildman–Crippen MR) is 80.4 cm³/mol. The zero-order valence-electron chi connectivity index (χ0n) is 11.5. The van der Waals surface area contributed by atoms with Crippen LogP contribution in [0.2, 0.25) is 0 Å². The Labute approximate surface area is 119 Å². The summed E-state index contributed by atoms with van der Waals surface area (Å²) in [5.74, 6) is 2.08. The normalized spacial score (nSPS) is 19.5. The molecule has 19 heavy (non-hydrogen) atoms. The van der Waals surface area contributed by atoms with Crippen molar-refractivity contribution in [2.75, 3.05) is 32.4 Å². The van der Waals surface area contributed by atoms with Gasteiger partial charge in [-0.05, 0) is 31.0 Å². The third-order valence-corrected chi connectivity index (χ3v) is 4.78. The topological polar surface area (TPSA) is 32.3 Å². The van der Waals surface area contributed by atoms with E-state index in [0.717, 1.165) is 25.6 Å². The van der Waals surface area contributed by atoms with Gasteiger partial charge < -0.3 is 10.2 Å². The number of hydrogen-bond acceptors (Lipinski definition) is 3. The van der Waals surface area contributed by atoms with E-state index in [2.05, 4.69) is 40.5 Å². The quantitative estimate of drug-likeness (QED) is 0.810. The van der Waals surface area contributed by atoms with Crippen molar-refractivity contribution in [3.05, 3.63) is 30.3 Å². The molecule has 1 atom stereocenters. The Morgan fingerprint density at radius 1 is 1.42 bits per heavy atom. The Balaban J connectivity index is 1.66. The number of nitrogens with zero attached hydrogens (tertiary/aromatic N) is 1. The van der Waals surface area contributed by atoms with Crippen LogP contribution in [0.4, 0.5) is 0 Å². The molecule has 1 aliphatic heterocycles. The number of likely N-dealkylation sites (tertiary alicyclic amines) is 1. The molecule has 0 saturated carbocycles. The Morgan fingerprint density at radius 2 is 2.21 bits per heavy atom. The second-order valence-electron chi connectivity index (χ2n) is 5.00. The van der Waals surface area contributed by atoms with Gasteiger partial charge in [-0.15, -0.1) is 11.8 Å². The minimum atomic E-state index is 0.141. The van der Waals surface area contributed by atoms with E-state index in [9.17, 15) is 4.79 Å². The molecule has 1 heterocycles. The van der Waals surface area contributed by atoms with E-state index < -0.39 is 0 Å². The minimum absolute atomic E-state index is 0.141. The lowest BCUT2D eigenvalue weighted by molar-refractivity contribution is -0.120. The molecule has 1 aromatic rings. The van der Waals surface area contributed by atoms with Gasteiger partial charge >= 0.3 is 0 Å². The summed E-state index contributed by atoms with van der Waals surface area (Å²) >= 11 is 1.94. The second-order valence-corrected chi connectivity index (χ2v) is 6.10. The zero-order chi connectivity index (χ0) is 13.5. The molecular weight excluding hydrogens is 256 g/mol. The van der Waals surface area contributed by atoms with E-state index in [-0.39, 0.29) is 5.91 Å². The van der Waals surface area contributed by atoms with Gasteiger partial charge in [-0.25, -0.2) is 0 Å². The molecule has 4 heteroatoms. The van der Waals surface area contributed by atoms with Crippen LogP contribution in [0.3, 0.4) is 0 Å². The van der Waals surface area contributed by atoms with Crippen molar-refractivity contribution < 1.29 is 4.79 Å². The summed E-state index contributed by atoms with van der Waals surface area (Å²) in [6, 6.07) is 10.6. The lowest BCUT2D eigenvalue weighted by atomic mass is 10.2. The first kappa shape index (κ1) is 14.4. The highest BCUT2D eigenvalue weighted by Gasteiger charge is 2.22. The van der Waals surface area contributed by atoms with Crippen LogP contribution in [0.1, 0.15) is 12.8 Å². The Morgan fingerprint density at radius 3 is 2.95 bits per heavy atom. The van der Waals surface area contributed by atoms with Crippen molar-refractivity contribution in [2.45, 2.75) is 17.7 Å².